The van der Waals surface area contributed by atoms with Gasteiger partial charge in [0.05, 0.1) is 13.2 Å². The van der Waals surface area contributed by atoms with E-state index in [-0.39, 0.29) is 23.7 Å². The summed E-state index contributed by atoms with van der Waals surface area (Å²) >= 11 is 0. The number of methoxy groups -OCH3 is 1. The van der Waals surface area contributed by atoms with Crippen molar-refractivity contribution in [3.8, 4) is 11.8 Å². The van der Waals surface area contributed by atoms with Crippen molar-refractivity contribution in [3.63, 3.8) is 0 Å². The van der Waals surface area contributed by atoms with Crippen molar-refractivity contribution in [2.75, 3.05) is 7.11 Å². The minimum absolute atomic E-state index is 0.00358. The molecule has 1 aliphatic rings. The highest BCUT2D eigenvalue weighted by molar-refractivity contribution is 5.93. The van der Waals surface area contributed by atoms with Gasteiger partial charge in [-0.25, -0.2) is 4.79 Å². The van der Waals surface area contributed by atoms with E-state index in [1.807, 2.05) is 46.8 Å². The van der Waals surface area contributed by atoms with Gasteiger partial charge in [-0.1, -0.05) is 63.6 Å². The minimum atomic E-state index is -0.767. The number of aliphatic hydroxyl groups excluding tert-OH is 1. The maximum atomic E-state index is 12.7. The van der Waals surface area contributed by atoms with E-state index in [2.05, 4.69) is 22.5 Å². The fraction of sp³-hybridized carbons (Fsp3) is 0.516. The quantitative estimate of drug-likeness (QED) is 0.148. The zero-order valence-electron chi connectivity index (χ0n) is 24.2. The molecule has 0 saturated carbocycles. The van der Waals surface area contributed by atoms with Crippen molar-refractivity contribution in [3.05, 3.63) is 60.1 Å². The fourth-order valence-electron chi connectivity index (χ4n) is 3.80. The number of hydrogen-bond acceptors (Lipinski definition) is 6. The van der Waals surface area contributed by atoms with Crippen molar-refractivity contribution in [2.24, 2.45) is 11.3 Å². The van der Waals surface area contributed by atoms with Gasteiger partial charge in [-0.2, -0.15) is 0 Å². The molecule has 1 rings (SSSR count). The molecule has 0 radical (unpaired) electrons. The molecule has 4 atom stereocenters. The number of aliphatic hydroxyl groups is 1. The number of ether oxygens (including phenoxy) is 2. The lowest BCUT2D eigenvalue weighted by Gasteiger charge is -2.29. The first-order valence-corrected chi connectivity index (χ1v) is 13.2. The van der Waals surface area contributed by atoms with Crippen LogP contribution in [0.3, 0.4) is 0 Å². The molecular weight excluding hydrogens is 496 g/mol. The van der Waals surface area contributed by atoms with Gasteiger partial charge in [0.25, 0.3) is 0 Å². The summed E-state index contributed by atoms with van der Waals surface area (Å²) in [5.74, 6) is 4.59. The predicted molar refractivity (Wildman–Crippen MR) is 153 cm³/mol. The molecule has 0 aliphatic carbocycles. The normalized spacial score (nSPS) is 19.0. The van der Waals surface area contributed by atoms with E-state index >= 15 is 0 Å². The first-order chi connectivity index (χ1) is 18.4. The summed E-state index contributed by atoms with van der Waals surface area (Å²) in [4.78, 5) is 37.3. The maximum Gasteiger partial charge on any atom is 0.373 e. The summed E-state index contributed by atoms with van der Waals surface area (Å²) in [7, 11) is 1.45. The zero-order valence-corrected chi connectivity index (χ0v) is 24.2. The smallest absolute Gasteiger partial charge is 0.373 e. The fourth-order valence-corrected chi connectivity index (χ4v) is 3.80. The standard InChI is InChI=1S/C31H44N2O6/c1-8-9-15-24(34)16-13-20-32-29(36)28(31(4,5)6)33-27(35)19-11-10-14-22(2)21-23(3)25-17-12-18-26(38-7)30(37)39-25/h10-11,13-14,18-21,23-25,28,34H,12,15-17H2,1-7H3,(H,32,36)(H,33,35)/b14-10-,19-11-,20-13-,22-21+/t23-,24-,25-,28+/m0/s1. The van der Waals surface area contributed by atoms with Gasteiger partial charge in [-0.15, -0.1) is 11.8 Å². The molecular formula is C31H44N2O6. The van der Waals surface area contributed by atoms with Crippen molar-refractivity contribution >= 4 is 17.8 Å². The van der Waals surface area contributed by atoms with E-state index in [9.17, 15) is 19.5 Å². The SMILES string of the molecule is CC#CC[C@H](O)C/C=C\NC(=O)[C@@H](NC(=O)\C=C/C=C\C(C)=C\[C@H](C)[C@@H]1CCC=C(OC)C(=O)O1)C(C)(C)C. The third-order valence-electron chi connectivity index (χ3n) is 5.97. The van der Waals surface area contributed by atoms with Crippen LogP contribution in [0, 0.1) is 23.2 Å². The number of carbonyl (C=O) groups excluding carboxylic acids is 3. The molecule has 0 saturated heterocycles. The number of allylic oxidation sites excluding steroid dienone is 5. The maximum absolute atomic E-state index is 12.7. The van der Waals surface area contributed by atoms with Crippen molar-refractivity contribution in [2.45, 2.75) is 85.5 Å². The molecule has 0 fully saturated rings. The molecule has 0 bridgehead atoms. The van der Waals surface area contributed by atoms with Gasteiger partial charge in [0, 0.05) is 18.4 Å². The second-order valence-electron chi connectivity index (χ2n) is 10.5. The van der Waals surface area contributed by atoms with Crippen LogP contribution in [0.4, 0.5) is 0 Å². The van der Waals surface area contributed by atoms with Crippen molar-refractivity contribution < 1.29 is 29.0 Å². The average molecular weight is 541 g/mol. The largest absolute Gasteiger partial charge is 0.490 e. The Labute approximate surface area is 233 Å². The molecule has 3 N–H and O–H groups in total. The lowest BCUT2D eigenvalue weighted by atomic mass is 9.86. The van der Waals surface area contributed by atoms with Crippen LogP contribution >= 0.6 is 0 Å². The lowest BCUT2D eigenvalue weighted by Crippen LogP contribution is -2.52. The van der Waals surface area contributed by atoms with Crippen LogP contribution in [0.25, 0.3) is 0 Å². The van der Waals surface area contributed by atoms with Crippen LogP contribution in [-0.4, -0.2) is 48.2 Å². The Kier molecular flexibility index (Phi) is 14.7. The number of nitrogens with one attached hydrogen (secondary N) is 2. The molecule has 8 heteroatoms. The summed E-state index contributed by atoms with van der Waals surface area (Å²) in [5, 5.41) is 15.3. The van der Waals surface area contributed by atoms with Crippen molar-refractivity contribution in [1.82, 2.24) is 10.6 Å². The summed E-state index contributed by atoms with van der Waals surface area (Å²) in [5.41, 5.74) is 0.433. The highest BCUT2D eigenvalue weighted by Gasteiger charge is 2.32. The second kappa shape index (κ2) is 17.1. The number of amides is 2. The Balaban J connectivity index is 2.66. The Hall–Kier alpha value is -3.57. The molecule has 0 aromatic carbocycles. The highest BCUT2D eigenvalue weighted by atomic mass is 16.6. The van der Waals surface area contributed by atoms with Gasteiger partial charge in [-0.05, 0) is 50.8 Å². The Morgan fingerprint density at radius 1 is 1.28 bits per heavy atom. The molecule has 0 aromatic rings. The van der Waals surface area contributed by atoms with Crippen LogP contribution in [0.2, 0.25) is 0 Å². The first kappa shape index (κ1) is 33.5. The molecule has 214 valence electrons. The Bertz CT molecular complexity index is 1050. The molecule has 0 aromatic heterocycles. The van der Waals surface area contributed by atoms with E-state index in [0.29, 0.717) is 25.7 Å². The molecule has 2 amide bonds. The molecule has 0 unspecified atom stereocenters. The van der Waals surface area contributed by atoms with E-state index < -0.39 is 29.4 Å². The minimum Gasteiger partial charge on any atom is -0.490 e. The molecule has 39 heavy (non-hydrogen) atoms. The number of hydrogen-bond donors (Lipinski definition) is 3. The summed E-state index contributed by atoms with van der Waals surface area (Å²) in [6.45, 7) is 11.2. The van der Waals surface area contributed by atoms with Gasteiger partial charge in [0.1, 0.15) is 12.1 Å². The number of cyclic esters (lactones) is 1. The molecule has 1 aliphatic heterocycles. The van der Waals surface area contributed by atoms with Gasteiger partial charge in [0.15, 0.2) is 5.76 Å². The van der Waals surface area contributed by atoms with Crippen LogP contribution in [0.1, 0.15) is 67.2 Å². The van der Waals surface area contributed by atoms with Crippen LogP contribution < -0.4 is 10.6 Å². The number of carbonyl (C=O) groups is 3. The Morgan fingerprint density at radius 3 is 2.62 bits per heavy atom. The predicted octanol–water partition coefficient (Wildman–Crippen LogP) is 4.24. The van der Waals surface area contributed by atoms with Gasteiger partial charge >= 0.3 is 5.97 Å². The third kappa shape index (κ3) is 13.2. The van der Waals surface area contributed by atoms with Crippen molar-refractivity contribution in [1.29, 1.82) is 0 Å². The topological polar surface area (TPSA) is 114 Å². The Morgan fingerprint density at radius 2 is 1.97 bits per heavy atom. The number of rotatable bonds is 12. The molecule has 8 nitrogen and oxygen atoms in total. The molecule has 0 spiro atoms. The van der Waals surface area contributed by atoms with Crippen LogP contribution in [-0.2, 0) is 23.9 Å². The number of esters is 1. The van der Waals surface area contributed by atoms with Crippen LogP contribution in [0.5, 0.6) is 0 Å². The van der Waals surface area contributed by atoms with E-state index in [0.717, 1.165) is 5.57 Å². The summed E-state index contributed by atoms with van der Waals surface area (Å²) in [6.07, 6.45) is 14.8. The lowest BCUT2D eigenvalue weighted by molar-refractivity contribution is -0.149. The van der Waals surface area contributed by atoms with E-state index in [4.69, 9.17) is 9.47 Å². The highest BCUT2D eigenvalue weighted by Crippen LogP contribution is 2.23. The van der Waals surface area contributed by atoms with Gasteiger partial charge in [0.2, 0.25) is 11.8 Å². The van der Waals surface area contributed by atoms with E-state index in [1.165, 1.54) is 19.4 Å². The third-order valence-corrected chi connectivity index (χ3v) is 5.97. The summed E-state index contributed by atoms with van der Waals surface area (Å²) in [6, 6.07) is -0.767. The first-order valence-electron chi connectivity index (χ1n) is 13.2. The van der Waals surface area contributed by atoms with Gasteiger partial charge in [-0.3, -0.25) is 9.59 Å². The second-order valence-corrected chi connectivity index (χ2v) is 10.5. The van der Waals surface area contributed by atoms with E-state index in [1.54, 1.807) is 31.2 Å². The average Bonchev–Trinajstić information content (AvgIpc) is 3.06. The summed E-state index contributed by atoms with van der Waals surface area (Å²) < 4.78 is 10.6. The monoisotopic (exact) mass is 540 g/mol. The zero-order chi connectivity index (χ0) is 29.4. The van der Waals surface area contributed by atoms with Crippen LogP contribution in [0.15, 0.2) is 60.1 Å². The van der Waals surface area contributed by atoms with Gasteiger partial charge < -0.3 is 25.2 Å². The molecule has 1 heterocycles.